The Morgan fingerprint density at radius 1 is 1.21 bits per heavy atom. The molecular weight excluding hydrogens is 438 g/mol. The highest BCUT2D eigenvalue weighted by Crippen LogP contribution is 2.43. The van der Waals surface area contributed by atoms with Crippen molar-refractivity contribution in [1.82, 2.24) is 0 Å². The number of ether oxygens (including phenoxy) is 3. The Bertz CT molecular complexity index is 1170. The highest BCUT2D eigenvalue weighted by Gasteiger charge is 2.31. The van der Waals surface area contributed by atoms with Gasteiger partial charge in [-0.25, -0.2) is 0 Å². The zero-order valence-corrected chi connectivity index (χ0v) is 19.4. The molecule has 5 nitrogen and oxygen atoms in total. The van der Waals surface area contributed by atoms with Gasteiger partial charge in [0.25, 0.3) is 0 Å². The average Bonchev–Trinajstić information content (AvgIpc) is 3.44. The fourth-order valence-electron chi connectivity index (χ4n) is 4.97. The summed E-state index contributed by atoms with van der Waals surface area (Å²) >= 11 is 6.33. The lowest BCUT2D eigenvalue weighted by molar-refractivity contribution is -0.454. The molecule has 0 N–H and O–H groups in total. The number of allylic oxidation sites excluding steroid dienone is 3. The molecule has 1 aliphatic heterocycles. The van der Waals surface area contributed by atoms with Gasteiger partial charge in [-0.1, -0.05) is 35.9 Å². The van der Waals surface area contributed by atoms with Crippen LogP contribution >= 0.6 is 11.6 Å². The summed E-state index contributed by atoms with van der Waals surface area (Å²) < 4.78 is 17.7. The van der Waals surface area contributed by atoms with Crippen molar-refractivity contribution in [2.45, 2.75) is 32.2 Å². The van der Waals surface area contributed by atoms with E-state index in [4.69, 9.17) is 25.8 Å². The Morgan fingerprint density at radius 3 is 2.94 bits per heavy atom. The molecule has 1 heterocycles. The van der Waals surface area contributed by atoms with Crippen LogP contribution in [0.4, 0.5) is 4.79 Å². The van der Waals surface area contributed by atoms with E-state index in [1.165, 1.54) is 21.3 Å². The third-order valence-electron chi connectivity index (χ3n) is 6.64. The van der Waals surface area contributed by atoms with Crippen LogP contribution in [0, 0.1) is 18.8 Å². The smallest absolute Gasteiger partial charge is 0.454 e. The molecule has 0 saturated heterocycles. The van der Waals surface area contributed by atoms with Crippen LogP contribution in [0.25, 0.3) is 6.08 Å². The summed E-state index contributed by atoms with van der Waals surface area (Å²) in [5.74, 6) is 2.35. The number of rotatable bonds is 5. The summed E-state index contributed by atoms with van der Waals surface area (Å²) in [4.78, 5) is 12.5. The maximum Gasteiger partial charge on any atom is 0.596 e. The highest BCUT2D eigenvalue weighted by atomic mass is 35.5. The maximum atomic E-state index is 12.5. The minimum absolute atomic E-state index is 0.223. The van der Waals surface area contributed by atoms with E-state index in [1.54, 1.807) is 0 Å². The van der Waals surface area contributed by atoms with Gasteiger partial charge in [-0.15, -0.1) is 4.58 Å². The Balaban J connectivity index is 1.16. The molecule has 3 atom stereocenters. The summed E-state index contributed by atoms with van der Waals surface area (Å²) in [7, 11) is 0. The van der Waals surface area contributed by atoms with Crippen LogP contribution in [0.2, 0.25) is 5.02 Å². The van der Waals surface area contributed by atoms with Gasteiger partial charge in [0.15, 0.2) is 18.0 Å². The number of halogens is 1. The van der Waals surface area contributed by atoms with E-state index in [-0.39, 0.29) is 12.7 Å². The van der Waals surface area contributed by atoms with Gasteiger partial charge < -0.3 is 14.2 Å². The van der Waals surface area contributed by atoms with Crippen LogP contribution in [0.15, 0.2) is 48.6 Å². The molecule has 2 aliphatic carbocycles. The molecule has 0 saturated carbocycles. The highest BCUT2D eigenvalue weighted by molar-refractivity contribution is 6.30. The first-order valence-corrected chi connectivity index (χ1v) is 11.6. The minimum Gasteiger partial charge on any atom is -0.454 e. The quantitative estimate of drug-likeness (QED) is 0.304. The molecule has 0 radical (unpaired) electrons. The Hall–Kier alpha value is -3.05. The predicted octanol–water partition coefficient (Wildman–Crippen LogP) is 6.12. The number of carbonyl (C=O) groups is 1. The van der Waals surface area contributed by atoms with E-state index >= 15 is 0 Å². The van der Waals surface area contributed by atoms with Gasteiger partial charge in [0.2, 0.25) is 6.79 Å². The maximum absolute atomic E-state index is 12.5. The molecule has 0 bridgehead atoms. The summed E-state index contributed by atoms with van der Waals surface area (Å²) in [5.41, 5.74) is 4.69. The number of carbonyl (C=O) groups excluding carboxylic acids is 1. The van der Waals surface area contributed by atoms with Crippen LogP contribution in [-0.4, -0.2) is 30.8 Å². The van der Waals surface area contributed by atoms with Crippen LogP contribution in [-0.2, 0) is 11.3 Å². The molecule has 2 aromatic rings. The fraction of sp³-hybridized carbons (Fsp3) is 0.333. The van der Waals surface area contributed by atoms with Gasteiger partial charge in [-0.3, -0.25) is 0 Å². The Morgan fingerprint density at radius 2 is 2.06 bits per heavy atom. The molecule has 1 amide bonds. The molecule has 2 unspecified atom stereocenters. The van der Waals surface area contributed by atoms with E-state index < -0.39 is 6.09 Å². The first-order chi connectivity index (χ1) is 16.0. The molecule has 6 heteroatoms. The summed E-state index contributed by atoms with van der Waals surface area (Å²) in [6, 6.07) is 9.71. The second-order valence-electron chi connectivity index (χ2n) is 9.00. The number of amides is 1. The zero-order chi connectivity index (χ0) is 22.9. The number of nitrogens with zero attached hydrogens (tertiary/aromatic N) is 1. The first-order valence-electron chi connectivity index (χ1n) is 11.3. The molecule has 3 aliphatic rings. The number of hydrogen-bond donors (Lipinski definition) is 0. The topological polar surface area (TPSA) is 47.8 Å². The van der Waals surface area contributed by atoms with Crippen molar-refractivity contribution in [2.24, 2.45) is 11.8 Å². The van der Waals surface area contributed by atoms with Crippen molar-refractivity contribution < 1.29 is 23.6 Å². The van der Waals surface area contributed by atoms with Gasteiger partial charge in [0.05, 0.1) is 0 Å². The Kier molecular flexibility index (Phi) is 5.98. The predicted molar refractivity (Wildman–Crippen MR) is 128 cm³/mol. The van der Waals surface area contributed by atoms with Crippen molar-refractivity contribution in [3.63, 3.8) is 0 Å². The third-order valence-corrected chi connectivity index (χ3v) is 6.86. The lowest BCUT2D eigenvalue weighted by atomic mass is 9.77. The summed E-state index contributed by atoms with van der Waals surface area (Å²) in [6.07, 6.45) is 10.4. The molecular formula is C27H27ClNO4+. The van der Waals surface area contributed by atoms with Crippen molar-refractivity contribution in [3.8, 4) is 11.5 Å². The average molecular weight is 465 g/mol. The van der Waals surface area contributed by atoms with Gasteiger partial charge in [0.1, 0.15) is 13.3 Å². The van der Waals surface area contributed by atoms with Crippen LogP contribution in [0.3, 0.4) is 0 Å². The molecule has 0 aromatic heterocycles. The number of benzene rings is 2. The van der Waals surface area contributed by atoms with E-state index in [1.807, 2.05) is 24.3 Å². The van der Waals surface area contributed by atoms with Crippen molar-refractivity contribution in [1.29, 1.82) is 0 Å². The standard InChI is InChI=1S/C27H27ClNO4/c1-17-10-21(28)13-24-22(17)7-8-23(24)20-5-3-4-19(11-20)15-31-27(30)29(2)14-18-6-9-25-26(12-18)33-16-32-25/h3,5-10,12-13,19-20,23H,2,4,11,14-16H2,1H3/q+1/t19?,20-,23?/m0/s1. The minimum atomic E-state index is -0.424. The van der Waals surface area contributed by atoms with E-state index in [0.717, 1.165) is 23.4 Å². The first kappa shape index (κ1) is 21.8. The second-order valence-corrected chi connectivity index (χ2v) is 9.44. The van der Waals surface area contributed by atoms with Gasteiger partial charge in [-0.05, 0) is 78.6 Å². The Labute approximate surface area is 198 Å². The van der Waals surface area contributed by atoms with E-state index in [0.29, 0.717) is 36.5 Å². The van der Waals surface area contributed by atoms with Crippen LogP contribution < -0.4 is 9.47 Å². The SMILES string of the molecule is C=[N+](Cc1ccc2c(c1)OCO2)C(=O)OCC1CC=C[C@H](C2C=Cc3c(C)cc(Cl)cc32)C1. The lowest BCUT2D eigenvalue weighted by Gasteiger charge is -2.28. The fourth-order valence-corrected chi connectivity index (χ4v) is 5.25. The summed E-state index contributed by atoms with van der Waals surface area (Å²) in [5, 5.41) is 0.781. The normalized spacial score (nSPS) is 22.3. The van der Waals surface area contributed by atoms with Crippen molar-refractivity contribution in [3.05, 3.63) is 75.8 Å². The largest absolute Gasteiger partial charge is 0.596 e. The molecule has 2 aromatic carbocycles. The van der Waals surface area contributed by atoms with E-state index in [9.17, 15) is 4.79 Å². The van der Waals surface area contributed by atoms with E-state index in [2.05, 4.69) is 44.0 Å². The second kappa shape index (κ2) is 9.06. The molecule has 33 heavy (non-hydrogen) atoms. The number of hydrogen-bond acceptors (Lipinski definition) is 4. The number of fused-ring (bicyclic) bond motifs is 2. The molecule has 0 spiro atoms. The number of aryl methyl sites for hydroxylation is 1. The van der Waals surface area contributed by atoms with Gasteiger partial charge >= 0.3 is 6.09 Å². The van der Waals surface area contributed by atoms with Crippen molar-refractivity contribution >= 4 is 30.5 Å². The lowest BCUT2D eigenvalue weighted by Crippen LogP contribution is -2.25. The van der Waals surface area contributed by atoms with Gasteiger partial charge in [0, 0.05) is 16.5 Å². The van der Waals surface area contributed by atoms with Crippen LogP contribution in [0.1, 0.15) is 41.0 Å². The zero-order valence-electron chi connectivity index (χ0n) is 18.6. The molecule has 0 fully saturated rings. The van der Waals surface area contributed by atoms with Crippen LogP contribution in [0.5, 0.6) is 11.5 Å². The molecule has 170 valence electrons. The molecule has 5 rings (SSSR count). The summed E-state index contributed by atoms with van der Waals surface area (Å²) in [6.45, 7) is 6.91. The monoisotopic (exact) mass is 464 g/mol. The third kappa shape index (κ3) is 4.55. The van der Waals surface area contributed by atoms with Gasteiger partial charge in [-0.2, -0.15) is 4.79 Å². The van der Waals surface area contributed by atoms with Crippen molar-refractivity contribution in [2.75, 3.05) is 13.4 Å².